The van der Waals surface area contributed by atoms with Crippen molar-refractivity contribution < 1.29 is 4.79 Å². The summed E-state index contributed by atoms with van der Waals surface area (Å²) in [6.07, 6.45) is 6.35. The van der Waals surface area contributed by atoms with E-state index < -0.39 is 0 Å². The quantitative estimate of drug-likeness (QED) is 0.823. The van der Waals surface area contributed by atoms with Gasteiger partial charge in [-0.3, -0.25) is 10.2 Å². The first-order valence-electron chi connectivity index (χ1n) is 7.29. The molecule has 5 nitrogen and oxygen atoms in total. The first-order chi connectivity index (χ1) is 10.1. The minimum Gasteiger partial charge on any atom is -0.331 e. The van der Waals surface area contributed by atoms with E-state index in [1.807, 2.05) is 29.2 Å². The molecule has 1 aliphatic heterocycles. The number of hydrazine groups is 2. The van der Waals surface area contributed by atoms with E-state index in [-0.39, 0.29) is 5.91 Å². The van der Waals surface area contributed by atoms with Gasteiger partial charge in [-0.1, -0.05) is 12.1 Å². The highest BCUT2D eigenvalue weighted by Gasteiger charge is 2.44. The lowest BCUT2D eigenvalue weighted by atomic mass is 10.1. The second-order valence-electron chi connectivity index (χ2n) is 5.89. The predicted octanol–water partition coefficient (Wildman–Crippen LogP) is 2.46. The lowest BCUT2D eigenvalue weighted by Crippen LogP contribution is -2.47. The van der Waals surface area contributed by atoms with Gasteiger partial charge in [0.1, 0.15) is 5.70 Å². The Morgan fingerprint density at radius 3 is 2.57 bits per heavy atom. The normalized spacial score (nSPS) is 20.5. The zero-order valence-electron chi connectivity index (χ0n) is 11.6. The minimum atomic E-state index is 0.0422. The number of nitrogens with zero attached hydrogens (tertiary/aromatic N) is 2. The first-order valence-corrected chi connectivity index (χ1v) is 8.09. The van der Waals surface area contributed by atoms with Gasteiger partial charge in [-0.05, 0) is 53.8 Å². The fraction of sp³-hybridized carbons (Fsp3) is 0.400. The van der Waals surface area contributed by atoms with E-state index in [9.17, 15) is 4.79 Å². The SMILES string of the molecule is NN1Nc2c(Br)cccc2C=C1C(=O)N(C1CC1)C1CC1. The number of benzene rings is 1. The maximum Gasteiger partial charge on any atom is 0.274 e. The van der Waals surface area contributed by atoms with Gasteiger partial charge in [-0.25, -0.2) is 11.0 Å². The number of amides is 1. The number of hydrogen-bond donors (Lipinski definition) is 2. The number of fused-ring (bicyclic) bond motifs is 1. The second-order valence-corrected chi connectivity index (χ2v) is 6.74. The molecule has 0 bridgehead atoms. The lowest BCUT2D eigenvalue weighted by Gasteiger charge is -2.32. The lowest BCUT2D eigenvalue weighted by molar-refractivity contribution is -0.129. The summed E-state index contributed by atoms with van der Waals surface area (Å²) in [7, 11) is 0. The van der Waals surface area contributed by atoms with Crippen molar-refractivity contribution in [1.29, 1.82) is 0 Å². The van der Waals surface area contributed by atoms with Crippen molar-refractivity contribution in [1.82, 2.24) is 10.0 Å². The van der Waals surface area contributed by atoms with E-state index >= 15 is 0 Å². The van der Waals surface area contributed by atoms with Gasteiger partial charge in [0.15, 0.2) is 0 Å². The summed E-state index contributed by atoms with van der Waals surface area (Å²) in [6.45, 7) is 0. The topological polar surface area (TPSA) is 61.6 Å². The van der Waals surface area contributed by atoms with Crippen molar-refractivity contribution in [2.75, 3.05) is 5.43 Å². The maximum atomic E-state index is 12.9. The number of anilines is 1. The summed E-state index contributed by atoms with van der Waals surface area (Å²) >= 11 is 3.49. The molecule has 0 aromatic heterocycles. The Labute approximate surface area is 131 Å². The van der Waals surface area contributed by atoms with Crippen molar-refractivity contribution in [2.24, 2.45) is 5.84 Å². The Bertz CT molecular complexity index is 625. The van der Waals surface area contributed by atoms with Crippen LogP contribution in [0.5, 0.6) is 0 Å². The molecule has 2 saturated carbocycles. The van der Waals surface area contributed by atoms with Crippen molar-refractivity contribution in [2.45, 2.75) is 37.8 Å². The van der Waals surface area contributed by atoms with Crippen LogP contribution in [0.25, 0.3) is 6.08 Å². The zero-order chi connectivity index (χ0) is 14.6. The predicted molar refractivity (Wildman–Crippen MR) is 84.7 cm³/mol. The van der Waals surface area contributed by atoms with E-state index in [4.69, 9.17) is 5.84 Å². The van der Waals surface area contributed by atoms with Crippen LogP contribution in [0.1, 0.15) is 31.2 Å². The summed E-state index contributed by atoms with van der Waals surface area (Å²) in [5.41, 5.74) is 5.46. The van der Waals surface area contributed by atoms with Crippen LogP contribution in [0.15, 0.2) is 28.4 Å². The molecule has 1 aromatic rings. The number of nitrogens with one attached hydrogen (secondary N) is 1. The van der Waals surface area contributed by atoms with Crippen LogP contribution in [0.2, 0.25) is 0 Å². The number of rotatable bonds is 3. The third kappa shape index (κ3) is 2.32. The third-order valence-electron chi connectivity index (χ3n) is 4.16. The summed E-state index contributed by atoms with van der Waals surface area (Å²) in [4.78, 5) is 14.9. The van der Waals surface area contributed by atoms with E-state index in [0.29, 0.717) is 17.8 Å². The van der Waals surface area contributed by atoms with Gasteiger partial charge in [-0.15, -0.1) is 0 Å². The molecule has 4 rings (SSSR count). The fourth-order valence-corrected chi connectivity index (χ4v) is 3.28. The van der Waals surface area contributed by atoms with Crippen molar-refractivity contribution >= 4 is 33.6 Å². The van der Waals surface area contributed by atoms with Crippen LogP contribution in [-0.4, -0.2) is 28.0 Å². The summed E-state index contributed by atoms with van der Waals surface area (Å²) < 4.78 is 0.930. The number of carbonyl (C=O) groups excluding carboxylic acids is 1. The molecule has 21 heavy (non-hydrogen) atoms. The Balaban J connectivity index is 1.68. The molecule has 0 unspecified atom stereocenters. The molecule has 1 amide bonds. The highest BCUT2D eigenvalue weighted by molar-refractivity contribution is 9.10. The molecule has 2 fully saturated rings. The largest absolute Gasteiger partial charge is 0.331 e. The smallest absolute Gasteiger partial charge is 0.274 e. The maximum absolute atomic E-state index is 12.9. The van der Waals surface area contributed by atoms with E-state index in [2.05, 4.69) is 21.4 Å². The fourth-order valence-electron chi connectivity index (χ4n) is 2.81. The summed E-state index contributed by atoms with van der Waals surface area (Å²) in [5, 5.41) is 1.34. The molecule has 0 spiro atoms. The van der Waals surface area contributed by atoms with Crippen molar-refractivity contribution in [3.05, 3.63) is 33.9 Å². The molecule has 110 valence electrons. The van der Waals surface area contributed by atoms with Gasteiger partial charge in [0, 0.05) is 22.1 Å². The van der Waals surface area contributed by atoms with E-state index in [1.54, 1.807) is 0 Å². The Kier molecular flexibility index (Phi) is 2.97. The first kappa shape index (κ1) is 13.2. The van der Waals surface area contributed by atoms with Gasteiger partial charge in [-0.2, -0.15) is 0 Å². The molecule has 0 radical (unpaired) electrons. The van der Waals surface area contributed by atoms with Gasteiger partial charge >= 0.3 is 0 Å². The van der Waals surface area contributed by atoms with Crippen molar-refractivity contribution in [3.63, 3.8) is 0 Å². The highest BCUT2D eigenvalue weighted by atomic mass is 79.9. The summed E-state index contributed by atoms with van der Waals surface area (Å²) in [5.74, 6) is 6.07. The number of carbonyl (C=O) groups is 1. The Hall–Kier alpha value is -1.53. The van der Waals surface area contributed by atoms with Crippen LogP contribution in [0, 0.1) is 0 Å². The minimum absolute atomic E-state index is 0.0422. The molecule has 0 atom stereocenters. The third-order valence-corrected chi connectivity index (χ3v) is 4.82. The summed E-state index contributed by atoms with van der Waals surface area (Å²) in [6, 6.07) is 6.72. The van der Waals surface area contributed by atoms with Gasteiger partial charge in [0.25, 0.3) is 5.91 Å². The van der Waals surface area contributed by atoms with Crippen LogP contribution < -0.4 is 11.3 Å². The Morgan fingerprint density at radius 2 is 1.95 bits per heavy atom. The molecule has 3 aliphatic rings. The Morgan fingerprint density at radius 1 is 1.29 bits per heavy atom. The molecule has 1 aromatic carbocycles. The molecular weight excluding hydrogens is 332 g/mol. The number of para-hydroxylation sites is 1. The average molecular weight is 349 g/mol. The molecule has 6 heteroatoms. The molecule has 3 N–H and O–H groups in total. The van der Waals surface area contributed by atoms with Crippen LogP contribution in [-0.2, 0) is 4.79 Å². The van der Waals surface area contributed by atoms with Crippen molar-refractivity contribution in [3.8, 4) is 0 Å². The van der Waals surface area contributed by atoms with Gasteiger partial charge in [0.2, 0.25) is 0 Å². The molecule has 2 aliphatic carbocycles. The molecular formula is C15H17BrN4O. The number of nitrogens with two attached hydrogens (primary N) is 1. The van der Waals surface area contributed by atoms with E-state index in [0.717, 1.165) is 41.4 Å². The molecule has 0 saturated heterocycles. The van der Waals surface area contributed by atoms with Crippen LogP contribution in [0.3, 0.4) is 0 Å². The monoisotopic (exact) mass is 348 g/mol. The van der Waals surface area contributed by atoms with E-state index in [1.165, 1.54) is 5.12 Å². The zero-order valence-corrected chi connectivity index (χ0v) is 13.1. The van der Waals surface area contributed by atoms with Crippen LogP contribution >= 0.6 is 15.9 Å². The highest BCUT2D eigenvalue weighted by Crippen LogP contribution is 2.39. The number of halogens is 1. The standard InChI is InChI=1S/C15H17BrN4O/c16-12-3-1-2-9-8-13(20(17)18-14(9)12)15(21)19(10-4-5-10)11-6-7-11/h1-3,8,10-11,18H,4-7,17H2. The van der Waals surface area contributed by atoms with Gasteiger partial charge in [0.05, 0.1) is 5.69 Å². The number of hydrogen-bond acceptors (Lipinski definition) is 4. The van der Waals surface area contributed by atoms with Gasteiger partial charge < -0.3 is 4.90 Å². The second kappa shape index (κ2) is 4.74. The average Bonchev–Trinajstić information content (AvgIpc) is 3.33. The molecule has 1 heterocycles. The van der Waals surface area contributed by atoms with Crippen LogP contribution in [0.4, 0.5) is 5.69 Å².